The summed E-state index contributed by atoms with van der Waals surface area (Å²) in [6, 6.07) is 1.20. The molecule has 3 rings (SSSR count). The number of hydrazine groups is 1. The van der Waals surface area contributed by atoms with Gasteiger partial charge in [-0.2, -0.15) is 0 Å². The number of rotatable bonds is 13. The van der Waals surface area contributed by atoms with Gasteiger partial charge in [0.2, 0.25) is 0 Å². The average molecular weight is 495 g/mol. The average Bonchev–Trinajstić information content (AvgIpc) is 3.11. The van der Waals surface area contributed by atoms with Crippen LogP contribution in [0.1, 0.15) is 59.8 Å². The summed E-state index contributed by atoms with van der Waals surface area (Å²) in [4.78, 5) is 4.96. The van der Waals surface area contributed by atoms with Crippen molar-refractivity contribution in [2.75, 3.05) is 53.5 Å². The summed E-state index contributed by atoms with van der Waals surface area (Å²) in [6.45, 7) is 18.7. The van der Waals surface area contributed by atoms with Gasteiger partial charge in [0.1, 0.15) is 12.5 Å². The molecule has 3 fully saturated rings. The number of hydrogen-bond donors (Lipinski definition) is 5. The molecule has 0 aromatic carbocycles. The van der Waals surface area contributed by atoms with Gasteiger partial charge < -0.3 is 20.7 Å². The molecule has 9 heteroatoms. The maximum absolute atomic E-state index is 5.81. The summed E-state index contributed by atoms with van der Waals surface area (Å²) in [5, 5.41) is 14.2. The number of hydrogen-bond acceptors (Lipinski definition) is 9. The number of allylic oxidation sites excluding steroid dienone is 1. The second kappa shape index (κ2) is 13.1. The zero-order valence-electron chi connectivity index (χ0n) is 23.3. The summed E-state index contributed by atoms with van der Waals surface area (Å²) < 4.78 is 5.75. The number of fused-ring (bicyclic) bond motifs is 1. The van der Waals surface area contributed by atoms with Gasteiger partial charge in [-0.15, -0.1) is 0 Å². The van der Waals surface area contributed by atoms with Crippen LogP contribution < -0.4 is 27.1 Å². The van der Waals surface area contributed by atoms with Gasteiger partial charge in [-0.25, -0.2) is 10.4 Å². The van der Waals surface area contributed by atoms with Crippen molar-refractivity contribution in [3.63, 3.8) is 0 Å². The van der Waals surface area contributed by atoms with E-state index in [1.54, 1.807) is 0 Å². The summed E-state index contributed by atoms with van der Waals surface area (Å²) in [7, 11) is 4.50. The molecule has 6 atom stereocenters. The molecular weight excluding hydrogens is 440 g/mol. The minimum absolute atomic E-state index is 0.0377. The van der Waals surface area contributed by atoms with Gasteiger partial charge >= 0.3 is 0 Å². The van der Waals surface area contributed by atoms with Crippen molar-refractivity contribution in [2.24, 2.45) is 11.7 Å². The minimum atomic E-state index is -0.193. The van der Waals surface area contributed by atoms with Gasteiger partial charge in [-0.3, -0.25) is 15.5 Å². The van der Waals surface area contributed by atoms with E-state index < -0.39 is 0 Å². The second-order valence-electron chi connectivity index (χ2n) is 11.2. The first kappa shape index (κ1) is 28.8. The molecule has 9 nitrogen and oxygen atoms in total. The van der Waals surface area contributed by atoms with Crippen LogP contribution in [0, 0.1) is 5.92 Å². The SMILES string of the molecule is C=C(CC(C)CCN)NC1NC(N(C)C2CCN(C)CC2)NC2C(CC)NN(CCOCC)C12C. The van der Waals surface area contributed by atoms with Gasteiger partial charge in [-0.1, -0.05) is 20.4 Å². The van der Waals surface area contributed by atoms with E-state index in [9.17, 15) is 0 Å². The van der Waals surface area contributed by atoms with Crippen molar-refractivity contribution in [2.45, 2.75) is 95.9 Å². The Morgan fingerprint density at radius 2 is 2.00 bits per heavy atom. The molecular formula is C26H54N8O. The smallest absolute Gasteiger partial charge is 0.116 e. The third-order valence-corrected chi connectivity index (χ3v) is 8.56. The Kier molecular flexibility index (Phi) is 10.8. The lowest BCUT2D eigenvalue weighted by atomic mass is 9.82. The van der Waals surface area contributed by atoms with Crippen molar-refractivity contribution < 1.29 is 4.74 Å². The molecule has 0 aromatic heterocycles. The van der Waals surface area contributed by atoms with Crippen LogP contribution in [0.3, 0.4) is 0 Å². The van der Waals surface area contributed by atoms with Crippen molar-refractivity contribution in [1.82, 2.24) is 36.2 Å². The lowest BCUT2D eigenvalue weighted by molar-refractivity contribution is -0.0417. The molecule has 0 aliphatic carbocycles. The Morgan fingerprint density at radius 1 is 1.29 bits per heavy atom. The first-order valence-electron chi connectivity index (χ1n) is 13.9. The highest BCUT2D eigenvalue weighted by molar-refractivity contribution is 5.17. The number of piperidine rings is 1. The van der Waals surface area contributed by atoms with Crippen LogP contribution >= 0.6 is 0 Å². The molecule has 6 N–H and O–H groups in total. The van der Waals surface area contributed by atoms with Crippen molar-refractivity contribution in [3.8, 4) is 0 Å². The molecule has 0 saturated carbocycles. The van der Waals surface area contributed by atoms with Crippen LogP contribution in [0.25, 0.3) is 0 Å². The van der Waals surface area contributed by atoms with E-state index in [-0.39, 0.29) is 24.0 Å². The van der Waals surface area contributed by atoms with Crippen LogP contribution in [0.5, 0.6) is 0 Å². The van der Waals surface area contributed by atoms with Gasteiger partial charge in [0.15, 0.2) is 0 Å². The van der Waals surface area contributed by atoms with Crippen LogP contribution in [0.2, 0.25) is 0 Å². The maximum atomic E-state index is 5.81. The fourth-order valence-corrected chi connectivity index (χ4v) is 6.19. The van der Waals surface area contributed by atoms with E-state index in [0.717, 1.165) is 57.7 Å². The standard InChI is InChI=1S/C26H54N8O/c1-8-22-23-26(5,34(31-22)16-17-35-9-2)24(28-20(4)18-19(3)10-13-27)30-25(29-23)33(7)21-11-14-32(6)15-12-21/h19,21-25,28-31H,4,8-18,27H2,1-3,5-7H3. The number of nitrogens with two attached hydrogens (primary N) is 1. The highest BCUT2D eigenvalue weighted by Gasteiger charge is 2.58. The zero-order valence-corrected chi connectivity index (χ0v) is 23.3. The number of ether oxygens (including phenoxy) is 1. The van der Waals surface area contributed by atoms with E-state index in [4.69, 9.17) is 10.5 Å². The maximum Gasteiger partial charge on any atom is 0.116 e. The summed E-state index contributed by atoms with van der Waals surface area (Å²) in [5.74, 6) is 0.516. The summed E-state index contributed by atoms with van der Waals surface area (Å²) >= 11 is 0. The van der Waals surface area contributed by atoms with Gasteiger partial charge in [0.05, 0.1) is 12.1 Å². The van der Waals surface area contributed by atoms with Gasteiger partial charge in [0.25, 0.3) is 0 Å². The van der Waals surface area contributed by atoms with Gasteiger partial charge in [-0.05, 0) is 85.6 Å². The second-order valence-corrected chi connectivity index (χ2v) is 11.2. The predicted molar refractivity (Wildman–Crippen MR) is 144 cm³/mol. The molecule has 3 saturated heterocycles. The van der Waals surface area contributed by atoms with E-state index in [0.29, 0.717) is 24.6 Å². The molecule has 6 unspecified atom stereocenters. The highest BCUT2D eigenvalue weighted by atomic mass is 16.5. The Labute approximate surface area is 214 Å². The molecule has 0 bridgehead atoms. The Balaban J connectivity index is 1.81. The van der Waals surface area contributed by atoms with Crippen molar-refractivity contribution >= 4 is 0 Å². The molecule has 3 aliphatic heterocycles. The fraction of sp³-hybridized carbons (Fsp3) is 0.923. The molecule has 0 radical (unpaired) electrons. The minimum Gasteiger partial charge on any atom is -0.380 e. The van der Waals surface area contributed by atoms with Crippen LogP contribution in [0.15, 0.2) is 12.3 Å². The Morgan fingerprint density at radius 3 is 2.63 bits per heavy atom. The molecule has 0 amide bonds. The van der Waals surface area contributed by atoms with Crippen molar-refractivity contribution in [1.29, 1.82) is 0 Å². The number of nitrogens with one attached hydrogen (secondary N) is 4. The lowest BCUT2D eigenvalue weighted by Gasteiger charge is -2.54. The molecule has 3 heterocycles. The van der Waals surface area contributed by atoms with Crippen molar-refractivity contribution in [3.05, 3.63) is 12.3 Å². The molecule has 3 aliphatic rings. The monoisotopic (exact) mass is 494 g/mol. The number of nitrogens with zero attached hydrogens (tertiary/aromatic N) is 3. The predicted octanol–water partition coefficient (Wildman–Crippen LogP) is 1.06. The first-order valence-corrected chi connectivity index (χ1v) is 13.9. The summed E-state index contributed by atoms with van der Waals surface area (Å²) in [6.07, 6.45) is 5.54. The topological polar surface area (TPSA) is 93.1 Å². The van der Waals surface area contributed by atoms with E-state index in [2.05, 4.69) is 84.6 Å². The Hall–Kier alpha value is -0.780. The van der Waals surface area contributed by atoms with Crippen LogP contribution in [-0.4, -0.2) is 104 Å². The first-order chi connectivity index (χ1) is 16.7. The largest absolute Gasteiger partial charge is 0.380 e. The number of likely N-dealkylation sites (tertiary alicyclic amines) is 1. The Bertz CT molecular complexity index is 657. The molecule has 35 heavy (non-hydrogen) atoms. The highest BCUT2D eigenvalue weighted by Crippen LogP contribution is 2.35. The molecule has 204 valence electrons. The van der Waals surface area contributed by atoms with E-state index >= 15 is 0 Å². The van der Waals surface area contributed by atoms with E-state index in [1.807, 2.05) is 0 Å². The van der Waals surface area contributed by atoms with E-state index in [1.165, 1.54) is 12.8 Å². The third kappa shape index (κ3) is 6.76. The molecule has 0 aromatic rings. The van der Waals surface area contributed by atoms with Crippen LogP contribution in [0.4, 0.5) is 0 Å². The fourth-order valence-electron chi connectivity index (χ4n) is 6.19. The lowest BCUT2D eigenvalue weighted by Crippen LogP contribution is -2.80. The normalized spacial score (nSPS) is 33.7. The molecule has 0 spiro atoms. The van der Waals surface area contributed by atoms with Crippen LogP contribution in [-0.2, 0) is 4.74 Å². The third-order valence-electron chi connectivity index (χ3n) is 8.56. The zero-order chi connectivity index (χ0) is 25.6. The quantitative estimate of drug-likeness (QED) is 0.241. The van der Waals surface area contributed by atoms with Gasteiger partial charge in [0, 0.05) is 37.0 Å². The summed E-state index contributed by atoms with van der Waals surface area (Å²) in [5.41, 5.74) is 10.5.